The molecule has 7 aromatic heterocycles. The number of carbonyl (C=O) groups excluding carboxylic acids is 2. The fraction of sp³-hybridized carbons (Fsp3) is 0.318. The third-order valence-corrected chi connectivity index (χ3v) is 27.3. The van der Waals surface area contributed by atoms with E-state index in [-0.39, 0.29) is 53.5 Å². The molecule has 0 radical (unpaired) electrons. The minimum Gasteiger partial charge on any atom is -0.508 e. The van der Waals surface area contributed by atoms with Crippen molar-refractivity contribution < 1.29 is 80.2 Å². The fourth-order valence-corrected chi connectivity index (χ4v) is 19.6. The molecule has 0 spiro atoms. The highest BCUT2D eigenvalue weighted by Gasteiger charge is 2.49. The summed E-state index contributed by atoms with van der Waals surface area (Å²) in [5.41, 5.74) is 22.2. The molecule has 0 aliphatic carbocycles. The van der Waals surface area contributed by atoms with E-state index in [1.807, 2.05) is 216 Å². The highest BCUT2D eigenvalue weighted by Crippen LogP contribution is 2.44. The summed E-state index contributed by atoms with van der Waals surface area (Å²) in [5.74, 6) is -0.0451. The van der Waals surface area contributed by atoms with Gasteiger partial charge >= 0.3 is 27.6 Å². The molecule has 0 unspecified atom stereocenters. The molecule has 8 aromatic carbocycles. The van der Waals surface area contributed by atoms with E-state index < -0.39 is 44.4 Å². The molecule has 3 atom stereocenters. The second kappa shape index (κ2) is 48.0. The zero-order valence-electron chi connectivity index (χ0n) is 82.0. The number of carbonyl (C=O) groups is 2. The first-order valence-corrected chi connectivity index (χ1v) is 50.1. The van der Waals surface area contributed by atoms with Crippen LogP contribution in [0.2, 0.25) is 0 Å². The molecule has 139 heavy (non-hydrogen) atoms. The Morgan fingerprint density at radius 1 is 0.403 bits per heavy atom. The van der Waals surface area contributed by atoms with Crippen LogP contribution in [0.5, 0.6) is 23.0 Å². The number of anilines is 1. The van der Waals surface area contributed by atoms with Crippen molar-refractivity contribution in [1.82, 2.24) is 34.9 Å². The van der Waals surface area contributed by atoms with Crippen LogP contribution in [0.1, 0.15) is 187 Å². The highest BCUT2D eigenvalue weighted by atomic mass is 79.9. The first-order chi connectivity index (χ1) is 64.6. The number of hydrogen-bond acceptors (Lipinski definition) is 22. The van der Waals surface area contributed by atoms with Crippen molar-refractivity contribution in [2.45, 2.75) is 196 Å². The minimum atomic E-state index is -5.72. The zero-order chi connectivity index (χ0) is 104. The molecule has 15 rings (SSSR count). The number of aromatic nitrogens is 7. The van der Waals surface area contributed by atoms with Gasteiger partial charge in [-0.2, -0.15) is 21.6 Å². The third kappa shape index (κ3) is 30.2. The van der Waals surface area contributed by atoms with Crippen LogP contribution in [0.15, 0.2) is 185 Å². The number of phenolic OH excluding ortho intramolecular Hbond substituents is 3. The summed E-state index contributed by atoms with van der Waals surface area (Å²) < 4.78 is 85.3. The Hall–Kier alpha value is -10.2. The van der Waals surface area contributed by atoms with Gasteiger partial charge in [0, 0.05) is 118 Å². The van der Waals surface area contributed by atoms with Crippen molar-refractivity contribution >= 4 is 206 Å². The second-order valence-corrected chi connectivity index (χ2v) is 42.9. The van der Waals surface area contributed by atoms with Crippen LogP contribution in [0.25, 0.3) is 82.4 Å². The molecule has 0 amide bonds. The number of aryl methyl sites for hydroxylation is 15. The van der Waals surface area contributed by atoms with Crippen molar-refractivity contribution in [3.63, 3.8) is 0 Å². The largest absolute Gasteiger partial charge is 0.534 e. The number of aliphatic hydroxyl groups excluding tert-OH is 3. The van der Waals surface area contributed by atoms with Gasteiger partial charge in [-0.15, -0.1) is 0 Å². The number of nitrogens with zero attached hydrogens (tertiary/aromatic N) is 7. The third-order valence-electron chi connectivity index (χ3n) is 21.4. The number of halogens is 9. The lowest BCUT2D eigenvalue weighted by molar-refractivity contribution is -0.162. The maximum atomic E-state index is 12.4. The van der Waals surface area contributed by atoms with Crippen LogP contribution < -0.4 is 9.92 Å². The van der Waals surface area contributed by atoms with Gasteiger partial charge in [0.05, 0.1) is 70.6 Å². The number of rotatable bonds is 12. The number of fused-ring (bicyclic) bond motifs is 7. The van der Waals surface area contributed by atoms with Crippen molar-refractivity contribution in [2.75, 3.05) is 25.6 Å². The predicted octanol–water partition coefficient (Wildman–Crippen LogP) is 28.2. The number of esters is 2. The molecule has 22 nitrogen and oxygen atoms in total. The number of nitrogen functional groups attached to an aromatic ring is 1. The Labute approximate surface area is 860 Å². The number of alkyl halides is 3. The van der Waals surface area contributed by atoms with Gasteiger partial charge in [-0.1, -0.05) is 18.7 Å². The number of nitrogens with two attached hydrogens (primary N) is 1. The molecule has 0 saturated heterocycles. The van der Waals surface area contributed by atoms with Crippen molar-refractivity contribution in [3.8, 4) is 23.0 Å². The summed E-state index contributed by atoms with van der Waals surface area (Å²) in [7, 11) is -5.72. The molecular weight excluding hydrogens is 2190 g/mol. The number of ether oxygens (including phenoxy) is 3. The smallest absolute Gasteiger partial charge is 0.508 e. The summed E-state index contributed by atoms with van der Waals surface area (Å²) in [6.45, 7) is 49.0. The van der Waals surface area contributed by atoms with Crippen LogP contribution in [-0.2, 0) is 33.9 Å². The van der Waals surface area contributed by atoms with Crippen molar-refractivity contribution in [1.29, 1.82) is 0 Å². The molecular formula is C107H117Br6F3N8O14S. The topological polar surface area (TPSA) is 343 Å². The van der Waals surface area contributed by atoms with Crippen LogP contribution >= 0.6 is 95.6 Å². The molecule has 32 heteroatoms. The van der Waals surface area contributed by atoms with Crippen molar-refractivity contribution in [2.24, 2.45) is 10.8 Å². The average molecular weight is 2310 g/mol. The number of hydrogen-bond donors (Lipinski definition) is 7. The molecule has 0 aliphatic heterocycles. The number of benzene rings is 8. The lowest BCUT2D eigenvalue weighted by atomic mass is 9.97. The van der Waals surface area contributed by atoms with Gasteiger partial charge in [0.1, 0.15) is 48.8 Å². The summed E-state index contributed by atoms with van der Waals surface area (Å²) in [6.07, 6.45) is -0.258. The Morgan fingerprint density at radius 3 is 1.12 bits per heavy atom. The van der Waals surface area contributed by atoms with Gasteiger partial charge in [0.15, 0.2) is 5.75 Å². The monoisotopic (exact) mass is 2300 g/mol. The zero-order valence-corrected chi connectivity index (χ0v) is 92.4. The van der Waals surface area contributed by atoms with Gasteiger partial charge in [-0.3, -0.25) is 44.5 Å². The van der Waals surface area contributed by atoms with Gasteiger partial charge in [0.25, 0.3) is 0 Å². The lowest BCUT2D eigenvalue weighted by Gasteiger charge is -2.30. The van der Waals surface area contributed by atoms with Crippen molar-refractivity contribution in [3.05, 3.63) is 292 Å². The standard InChI is InChI=1S/C22H30BrNO3.C18H22BrNO3.C13H14BrNO2.C13H12BrN.C12H9BrF3NO3S.C11H10BrNO.C11H11NO.C7H9NO/c1-13-11-16-15(10-9-14(2)24-16)19(23)18(13)17(27-22(6,7)8)12-26-20(25)21(3,4)5;1-10-8-13-12(7-6-11(2)20-13)16(19)15(10)14(21)9-23-17(22)18(3,4)5;1-7-5-10-9(4-3-8(2)15-10)13(14)12(7)11(17)6-16;1-4-10-8(2)7-12-11(13(10)14)6-5-9(3)15-12;1-6-5-9-8(4-3-7(2)17-9)10(13)11(6)20-21(18,19)12(14,15)16;1-6-5-9-8(10(12)11(6)14)4-3-7(2)13-9;1-7-5-10-9(6-11(7)13)4-3-8(2)12-10;1-5-4-6(8)2-3-7(5)9/h9-11,17H,12H2,1-8H3;6-8,14,21H,9H2,1-5H3;3-5,11,16-17H,6H2,1-2H3;4-7H,1H2,2-3H3;3-5H,1-2H3;3-5,14H,1-2H3;3-6,13H,1-2H3;2-4,9H,8H2,1H3/t17-;14-;11-;;;;;/m111...../s1. The van der Waals surface area contributed by atoms with E-state index in [1.165, 1.54) is 18.6 Å². The van der Waals surface area contributed by atoms with Gasteiger partial charge in [0.2, 0.25) is 0 Å². The van der Waals surface area contributed by atoms with E-state index in [1.54, 1.807) is 64.1 Å². The highest BCUT2D eigenvalue weighted by molar-refractivity contribution is 9.11. The summed E-state index contributed by atoms with van der Waals surface area (Å²) in [6, 6.07) is 47.1. The van der Waals surface area contributed by atoms with Crippen LogP contribution in [0, 0.1) is 115 Å². The summed E-state index contributed by atoms with van der Waals surface area (Å²) in [4.78, 5) is 55.2. The second-order valence-electron chi connectivity index (χ2n) is 36.6. The van der Waals surface area contributed by atoms with Gasteiger partial charge in [-0.05, 0) is 457 Å². The number of phenols is 3. The quantitative estimate of drug-likeness (QED) is 0.0196. The van der Waals surface area contributed by atoms with E-state index in [2.05, 4.69) is 172 Å². The molecule has 0 bridgehead atoms. The Morgan fingerprint density at radius 2 is 0.734 bits per heavy atom. The lowest BCUT2D eigenvalue weighted by Crippen LogP contribution is -2.30. The SMILES string of the molecule is C=Cc1c(C)cc2nc(C)ccc2c1Br.Cc1cc(N)ccc1O.Cc1ccc2c(Br)c(O)c(C)cc2n1.Cc1ccc2c(Br)c(OS(=O)(=O)C(F)(F)F)c(C)cc2n1.Cc1ccc2c(Br)c([C@@H](COC(=O)C(C)(C)C)OC(C)(C)C)c(C)cc2n1.Cc1ccc2c(Br)c([C@H](O)CO)c(C)cc2n1.Cc1ccc2c(Br)c([C@H](O)COC(=O)C(C)(C)C)c(C)cc2n1.Cc1ccc2cc(O)c(C)cc2n1. The van der Waals surface area contributed by atoms with E-state index in [0.717, 1.165) is 183 Å². The molecule has 0 fully saturated rings. The number of aromatic hydroxyl groups is 3. The van der Waals surface area contributed by atoms with E-state index >= 15 is 0 Å². The van der Waals surface area contributed by atoms with Gasteiger partial charge < -0.3 is 54.8 Å². The number of aliphatic hydroxyl groups is 3. The normalized spacial score (nSPS) is 12.2. The molecule has 8 N–H and O–H groups in total. The maximum absolute atomic E-state index is 12.4. The maximum Gasteiger partial charge on any atom is 0.534 e. The Kier molecular flexibility index (Phi) is 39.4. The van der Waals surface area contributed by atoms with Gasteiger partial charge in [-0.25, -0.2) is 0 Å². The van der Waals surface area contributed by atoms with E-state index in [4.69, 9.17) is 30.2 Å². The average Bonchev–Trinajstić information content (AvgIpc) is 0.776. The molecule has 15 aromatic rings. The van der Waals surface area contributed by atoms with Crippen LogP contribution in [0.4, 0.5) is 18.9 Å². The summed E-state index contributed by atoms with van der Waals surface area (Å²) in [5, 5.41) is 63.9. The molecule has 738 valence electrons. The Bertz CT molecular complexity index is 7240. The first kappa shape index (κ1) is 114. The minimum absolute atomic E-state index is 0.0691. The van der Waals surface area contributed by atoms with E-state index in [9.17, 15) is 51.6 Å². The molecule has 0 aliphatic rings. The Balaban J connectivity index is 0.000000198. The first-order valence-electron chi connectivity index (χ1n) is 43.9. The van der Waals surface area contributed by atoms with Crippen LogP contribution in [0.3, 0.4) is 0 Å². The van der Waals surface area contributed by atoms with E-state index in [0.29, 0.717) is 33.8 Å². The molecule has 7 heterocycles. The summed E-state index contributed by atoms with van der Waals surface area (Å²) >= 11 is 20.9. The number of pyridine rings is 7. The van der Waals surface area contributed by atoms with Crippen LogP contribution in [-0.4, -0.2) is 117 Å². The predicted molar refractivity (Wildman–Crippen MR) is 572 cm³/mol. The fourth-order valence-electron chi connectivity index (χ4n) is 14.1. The molecule has 0 saturated carbocycles.